The van der Waals surface area contributed by atoms with Gasteiger partial charge in [0.15, 0.2) is 5.43 Å². The zero-order chi connectivity index (χ0) is 41.0. The van der Waals surface area contributed by atoms with Crippen molar-refractivity contribution >= 4 is 44.3 Å². The number of pyridine rings is 1. The summed E-state index contributed by atoms with van der Waals surface area (Å²) in [7, 11) is -1.86. The van der Waals surface area contributed by atoms with Crippen LogP contribution in [0, 0.1) is 11.8 Å². The number of hydrogen-bond acceptors (Lipinski definition) is 8. The van der Waals surface area contributed by atoms with Gasteiger partial charge in [0.1, 0.15) is 11.8 Å². The van der Waals surface area contributed by atoms with Gasteiger partial charge in [-0.15, -0.1) is 0 Å². The average Bonchev–Trinajstić information content (AvgIpc) is 4.12. The largest absolute Gasteiger partial charge is 0.497 e. The van der Waals surface area contributed by atoms with Crippen molar-refractivity contribution in [3.8, 4) is 17.0 Å². The zero-order valence-electron chi connectivity index (χ0n) is 33.0. The van der Waals surface area contributed by atoms with Crippen LogP contribution in [0.3, 0.4) is 0 Å². The van der Waals surface area contributed by atoms with Crippen molar-refractivity contribution in [1.29, 1.82) is 0 Å². The second kappa shape index (κ2) is 19.6. The molecular formula is C44H61N5O7S. The monoisotopic (exact) mass is 803 g/mol. The molecule has 3 amide bonds. The third-order valence-corrected chi connectivity index (χ3v) is 12.8. The molecule has 57 heavy (non-hydrogen) atoms. The van der Waals surface area contributed by atoms with Crippen molar-refractivity contribution in [2.45, 2.75) is 82.4 Å². The number of benzene rings is 3. The van der Waals surface area contributed by atoms with Gasteiger partial charge in [-0.05, 0) is 87.6 Å². The van der Waals surface area contributed by atoms with E-state index in [4.69, 9.17) is 10.5 Å². The predicted molar refractivity (Wildman–Crippen MR) is 231 cm³/mol. The summed E-state index contributed by atoms with van der Waals surface area (Å²) in [6, 6.07) is 25.9. The number of sulfonamides is 1. The number of anilines is 1. The number of H-pyrrole nitrogens is 1. The topological polar surface area (TPSA) is 181 Å². The second-order valence-electron chi connectivity index (χ2n) is 15.0. The molecule has 0 unspecified atom stereocenters. The minimum Gasteiger partial charge on any atom is -0.497 e. The molecular weight excluding hydrogens is 743 g/mol. The summed E-state index contributed by atoms with van der Waals surface area (Å²) in [6.45, 7) is 4.67. The standard InChI is InChI=1S/C16H13NO2.C15H25NO3S.C13H17N3O2.3H2/c1-19-12-7-8-13-15(9-12)17-14(10-16(13)18)11-5-3-2-4-6-11;1-3-4-5-6-7-8-12-11-13(12)14(17)16-20(18,19)15(2)9-10-15;14-13(18)11-7-4-8-16(11)12(17)9-15-10-5-2-1-3-6-10;;;/h2-10H,1H3,(H,17,18);7-8,12-13H,3-6,9-11H2,1-2H3,(H,16,17);1-3,5-6,11,15H,4,7-9H2,(H2,14,18);3*1H/b;8-7-;;;;/t;12-,13+;11-;;;/m.10.../s1. The fourth-order valence-electron chi connectivity index (χ4n) is 6.62. The van der Waals surface area contributed by atoms with Gasteiger partial charge in [-0.1, -0.05) is 80.4 Å². The number of unbranched alkanes of at least 4 members (excludes halogenated alkanes) is 3. The fourth-order valence-corrected chi connectivity index (χ4v) is 7.92. The Morgan fingerprint density at radius 2 is 1.72 bits per heavy atom. The van der Waals surface area contributed by atoms with Crippen LogP contribution in [0.1, 0.15) is 75.9 Å². The zero-order valence-corrected chi connectivity index (χ0v) is 33.9. The molecule has 2 aliphatic carbocycles. The molecule has 12 nitrogen and oxygen atoms in total. The van der Waals surface area contributed by atoms with Crippen LogP contribution in [0.5, 0.6) is 5.75 Å². The first kappa shape index (κ1) is 42.7. The first-order chi connectivity index (χ1) is 27.4. The number of carbonyl (C=O) groups is 3. The number of nitrogens with zero attached hydrogens (tertiary/aromatic N) is 1. The van der Waals surface area contributed by atoms with Crippen molar-refractivity contribution in [1.82, 2.24) is 14.6 Å². The van der Waals surface area contributed by atoms with Crippen LogP contribution in [0.25, 0.3) is 22.2 Å². The Balaban J connectivity index is 0.000000303. The van der Waals surface area contributed by atoms with Gasteiger partial charge in [-0.25, -0.2) is 8.42 Å². The normalized spacial score (nSPS) is 19.1. The van der Waals surface area contributed by atoms with Crippen LogP contribution in [0.15, 0.2) is 102 Å². The minimum atomic E-state index is -3.47. The first-order valence-electron chi connectivity index (χ1n) is 19.7. The molecule has 13 heteroatoms. The minimum absolute atomic E-state index is 0. The smallest absolute Gasteiger partial charge is 0.242 e. The molecule has 310 valence electrons. The van der Waals surface area contributed by atoms with Crippen molar-refractivity contribution in [2.24, 2.45) is 17.6 Å². The van der Waals surface area contributed by atoms with Gasteiger partial charge in [0.2, 0.25) is 27.7 Å². The highest BCUT2D eigenvalue weighted by Gasteiger charge is 2.52. The molecule has 3 atom stereocenters. The number of hydrogen-bond donors (Lipinski definition) is 4. The molecule has 3 aliphatic rings. The van der Waals surface area contributed by atoms with Crippen molar-refractivity contribution in [3.63, 3.8) is 0 Å². The molecule has 3 fully saturated rings. The number of nitrogens with one attached hydrogen (secondary N) is 3. The molecule has 0 spiro atoms. The number of likely N-dealkylation sites (tertiary alicyclic amines) is 1. The van der Waals surface area contributed by atoms with Gasteiger partial charge in [0, 0.05) is 45.6 Å². The number of fused-ring (bicyclic) bond motifs is 1. The number of primary amides is 1. The Morgan fingerprint density at radius 3 is 2.37 bits per heavy atom. The second-order valence-corrected chi connectivity index (χ2v) is 17.2. The fraction of sp³-hybridized carbons (Fsp3) is 0.409. The van der Waals surface area contributed by atoms with E-state index in [1.54, 1.807) is 37.1 Å². The lowest BCUT2D eigenvalue weighted by Crippen LogP contribution is -2.45. The number of aromatic amines is 1. The first-order valence-corrected chi connectivity index (χ1v) is 21.2. The highest BCUT2D eigenvalue weighted by atomic mass is 32.2. The Kier molecular flexibility index (Phi) is 14.7. The maximum atomic E-state index is 12.1. The maximum Gasteiger partial charge on any atom is 0.242 e. The summed E-state index contributed by atoms with van der Waals surface area (Å²) in [5.41, 5.74) is 8.76. The van der Waals surface area contributed by atoms with Crippen LogP contribution in [0.4, 0.5) is 5.69 Å². The highest BCUT2D eigenvalue weighted by molar-refractivity contribution is 7.91. The number of para-hydroxylation sites is 1. The Hall–Kier alpha value is -5.43. The molecule has 0 radical (unpaired) electrons. The average molecular weight is 804 g/mol. The SMILES string of the molecule is CCCCC/C=C\[C@@H]1C[C@@H]1C(=O)NS(=O)(=O)C1(C)CC1.COc1ccc2c(=O)cc(-c3ccccc3)[nH]c2c1.NC(=O)[C@@H]1CCCN1C(=O)CNc1ccccc1.[HH].[HH].[HH]. The van der Waals surface area contributed by atoms with Gasteiger partial charge in [-0.3, -0.25) is 23.9 Å². The van der Waals surface area contributed by atoms with Gasteiger partial charge in [-0.2, -0.15) is 0 Å². The van der Waals surface area contributed by atoms with Crippen LogP contribution in [-0.4, -0.2) is 67.0 Å². The number of aromatic nitrogens is 1. The van der Waals surface area contributed by atoms with E-state index in [1.165, 1.54) is 19.3 Å². The molecule has 0 bridgehead atoms. The Morgan fingerprint density at radius 1 is 1.02 bits per heavy atom. The van der Waals surface area contributed by atoms with E-state index < -0.39 is 26.7 Å². The Labute approximate surface area is 339 Å². The van der Waals surface area contributed by atoms with Crippen LogP contribution >= 0.6 is 0 Å². The summed E-state index contributed by atoms with van der Waals surface area (Å²) in [4.78, 5) is 52.1. The van der Waals surface area contributed by atoms with E-state index in [0.29, 0.717) is 31.2 Å². The van der Waals surface area contributed by atoms with Crippen LogP contribution < -0.4 is 25.9 Å². The summed E-state index contributed by atoms with van der Waals surface area (Å²) in [5, 5.41) is 3.70. The molecule has 1 aromatic heterocycles. The maximum absolute atomic E-state index is 12.1. The van der Waals surface area contributed by atoms with Gasteiger partial charge in [0.05, 0.1) is 23.9 Å². The van der Waals surface area contributed by atoms with Gasteiger partial charge in [0.25, 0.3) is 0 Å². The molecule has 7 rings (SSSR count). The lowest BCUT2D eigenvalue weighted by Gasteiger charge is -2.22. The van der Waals surface area contributed by atoms with Crippen molar-refractivity contribution in [3.05, 3.63) is 107 Å². The third kappa shape index (κ3) is 11.8. The summed E-state index contributed by atoms with van der Waals surface area (Å²) < 4.78 is 30.6. The number of rotatable bonds is 14. The van der Waals surface area contributed by atoms with E-state index in [0.717, 1.165) is 47.5 Å². The molecule has 1 aliphatic heterocycles. The number of allylic oxidation sites excluding steroid dienone is 2. The van der Waals surface area contributed by atoms with Crippen molar-refractivity contribution in [2.75, 3.05) is 25.5 Å². The van der Waals surface area contributed by atoms with E-state index in [-0.39, 0.29) is 39.9 Å². The number of amides is 3. The number of nitrogens with two attached hydrogens (primary N) is 1. The third-order valence-electron chi connectivity index (χ3n) is 10.6. The number of methoxy groups -OCH3 is 1. The van der Waals surface area contributed by atoms with E-state index in [1.807, 2.05) is 66.7 Å². The lowest BCUT2D eigenvalue weighted by atomic mass is 10.1. The molecule has 2 heterocycles. The number of carbonyl (C=O) groups excluding carboxylic acids is 3. The summed E-state index contributed by atoms with van der Waals surface area (Å²) in [6.07, 6.45) is 12.5. The van der Waals surface area contributed by atoms with E-state index in [2.05, 4.69) is 34.1 Å². The van der Waals surface area contributed by atoms with E-state index in [9.17, 15) is 27.6 Å². The Bertz CT molecular complexity index is 2200. The summed E-state index contributed by atoms with van der Waals surface area (Å²) >= 11 is 0. The lowest BCUT2D eigenvalue weighted by molar-refractivity contribution is -0.135. The van der Waals surface area contributed by atoms with Crippen LogP contribution in [0.2, 0.25) is 0 Å². The molecule has 3 aromatic carbocycles. The van der Waals surface area contributed by atoms with Gasteiger partial charge < -0.3 is 25.7 Å². The van der Waals surface area contributed by atoms with Crippen molar-refractivity contribution < 1.29 is 31.8 Å². The molecule has 5 N–H and O–H groups in total. The number of ether oxygens (including phenoxy) is 1. The quantitative estimate of drug-likeness (QED) is 0.0759. The van der Waals surface area contributed by atoms with Crippen LogP contribution in [-0.2, 0) is 24.4 Å². The molecule has 1 saturated heterocycles. The highest BCUT2D eigenvalue weighted by Crippen LogP contribution is 2.44. The van der Waals surface area contributed by atoms with E-state index >= 15 is 0 Å². The molecule has 2 saturated carbocycles. The molecule has 4 aromatic rings. The van der Waals surface area contributed by atoms with Gasteiger partial charge >= 0.3 is 0 Å². The summed E-state index contributed by atoms with van der Waals surface area (Å²) in [5.74, 6) is 0.00351. The predicted octanol–water partition coefficient (Wildman–Crippen LogP) is 7.27.